The molecule has 2 aromatic rings. The van der Waals surface area contributed by atoms with Gasteiger partial charge in [-0.3, -0.25) is 4.79 Å². The lowest BCUT2D eigenvalue weighted by atomic mass is 9.99. The molecule has 1 aromatic heterocycles. The number of anilines is 2. The summed E-state index contributed by atoms with van der Waals surface area (Å²) in [5, 5.41) is 5.34. The van der Waals surface area contributed by atoms with Gasteiger partial charge in [0, 0.05) is 37.1 Å². The van der Waals surface area contributed by atoms with Crippen molar-refractivity contribution in [3.05, 3.63) is 46.2 Å². The normalized spacial score (nSPS) is 18.2. The third kappa shape index (κ3) is 3.19. The molecule has 3 heterocycles. The zero-order chi connectivity index (χ0) is 16.4. The molecule has 0 saturated carbocycles. The summed E-state index contributed by atoms with van der Waals surface area (Å²) in [5.41, 5.74) is 3.46. The van der Waals surface area contributed by atoms with E-state index >= 15 is 0 Å². The first-order chi connectivity index (χ1) is 11.8. The molecule has 1 amide bonds. The second-order valence-electron chi connectivity index (χ2n) is 6.43. The maximum Gasteiger partial charge on any atom is 0.227 e. The van der Waals surface area contributed by atoms with Gasteiger partial charge in [0.2, 0.25) is 5.91 Å². The quantitative estimate of drug-likeness (QED) is 0.925. The Morgan fingerprint density at radius 3 is 2.92 bits per heavy atom. The van der Waals surface area contributed by atoms with E-state index in [1.165, 1.54) is 10.4 Å². The van der Waals surface area contributed by atoms with Crippen LogP contribution < -0.4 is 10.2 Å². The summed E-state index contributed by atoms with van der Waals surface area (Å²) in [5.74, 6) is 0.190. The molecule has 0 spiro atoms. The number of amides is 1. The van der Waals surface area contributed by atoms with Crippen LogP contribution >= 0.6 is 11.3 Å². The Hall–Kier alpha value is -1.85. The van der Waals surface area contributed by atoms with Crippen LogP contribution in [0.5, 0.6) is 0 Å². The minimum Gasteiger partial charge on any atom is -0.381 e. The minimum atomic E-state index is 0.0663. The first kappa shape index (κ1) is 15.7. The molecular weight excluding hydrogens is 320 g/mol. The number of carbonyl (C=O) groups is 1. The van der Waals surface area contributed by atoms with Crippen molar-refractivity contribution in [3.8, 4) is 0 Å². The summed E-state index contributed by atoms with van der Waals surface area (Å²) in [4.78, 5) is 16.4. The average Bonchev–Trinajstić information content (AvgIpc) is 3.10. The standard InChI is InChI=1S/C19H22N2O2S/c22-19(14-6-10-23-11-7-14)20-16-3-1-2-4-17(16)21-9-5-18-15(13-21)8-12-24-18/h1-4,8,12,14H,5-7,9-11,13H2,(H,20,22). The van der Waals surface area contributed by atoms with Gasteiger partial charge in [-0.15, -0.1) is 11.3 Å². The number of para-hydroxylation sites is 2. The Morgan fingerprint density at radius 1 is 1.21 bits per heavy atom. The van der Waals surface area contributed by atoms with Gasteiger partial charge in [0.1, 0.15) is 0 Å². The van der Waals surface area contributed by atoms with Crippen molar-refractivity contribution in [2.24, 2.45) is 5.92 Å². The van der Waals surface area contributed by atoms with E-state index in [9.17, 15) is 4.79 Å². The number of thiophene rings is 1. The smallest absolute Gasteiger partial charge is 0.227 e. The molecule has 0 radical (unpaired) electrons. The van der Waals surface area contributed by atoms with E-state index in [1.807, 2.05) is 29.5 Å². The fraction of sp³-hybridized carbons (Fsp3) is 0.421. The summed E-state index contributed by atoms with van der Waals surface area (Å²) in [6.07, 6.45) is 2.71. The van der Waals surface area contributed by atoms with Gasteiger partial charge >= 0.3 is 0 Å². The topological polar surface area (TPSA) is 41.6 Å². The largest absolute Gasteiger partial charge is 0.381 e. The molecule has 2 aliphatic heterocycles. The molecule has 126 valence electrons. The van der Waals surface area contributed by atoms with Gasteiger partial charge in [0.15, 0.2) is 0 Å². The van der Waals surface area contributed by atoms with E-state index in [4.69, 9.17) is 4.74 Å². The van der Waals surface area contributed by atoms with Gasteiger partial charge in [0.25, 0.3) is 0 Å². The molecular formula is C19H22N2O2S. The number of rotatable bonds is 3. The fourth-order valence-electron chi connectivity index (χ4n) is 3.50. The predicted octanol–water partition coefficient (Wildman–Crippen LogP) is 3.68. The van der Waals surface area contributed by atoms with Gasteiger partial charge < -0.3 is 15.0 Å². The van der Waals surface area contributed by atoms with Crippen molar-refractivity contribution in [2.75, 3.05) is 30.0 Å². The molecule has 4 nitrogen and oxygen atoms in total. The lowest BCUT2D eigenvalue weighted by Gasteiger charge is -2.31. The van der Waals surface area contributed by atoms with E-state index in [1.54, 1.807) is 0 Å². The minimum absolute atomic E-state index is 0.0663. The highest BCUT2D eigenvalue weighted by atomic mass is 32.1. The SMILES string of the molecule is O=C(Nc1ccccc1N1CCc2sccc2C1)C1CCOCC1. The second-order valence-corrected chi connectivity index (χ2v) is 7.43. The number of benzene rings is 1. The van der Waals surface area contributed by atoms with Crippen molar-refractivity contribution in [3.63, 3.8) is 0 Å². The van der Waals surface area contributed by atoms with Crippen molar-refractivity contribution >= 4 is 28.6 Å². The highest BCUT2D eigenvalue weighted by Gasteiger charge is 2.24. The molecule has 5 heteroatoms. The molecule has 0 bridgehead atoms. The van der Waals surface area contributed by atoms with E-state index in [0.29, 0.717) is 13.2 Å². The fourth-order valence-corrected chi connectivity index (χ4v) is 4.39. The summed E-state index contributed by atoms with van der Waals surface area (Å²) in [7, 11) is 0. The van der Waals surface area contributed by atoms with E-state index < -0.39 is 0 Å². The molecule has 1 fully saturated rings. The third-order valence-electron chi connectivity index (χ3n) is 4.90. The lowest BCUT2D eigenvalue weighted by Crippen LogP contribution is -2.32. The molecule has 0 unspecified atom stereocenters. The van der Waals surface area contributed by atoms with Crippen LogP contribution in [0, 0.1) is 5.92 Å². The zero-order valence-corrected chi connectivity index (χ0v) is 14.5. The Balaban J connectivity index is 1.52. The van der Waals surface area contributed by atoms with Crippen molar-refractivity contribution in [1.82, 2.24) is 0 Å². The maximum absolute atomic E-state index is 12.6. The first-order valence-corrected chi connectivity index (χ1v) is 9.47. The van der Waals surface area contributed by atoms with Crippen LogP contribution in [-0.2, 0) is 22.5 Å². The third-order valence-corrected chi connectivity index (χ3v) is 5.93. The number of hydrogen-bond acceptors (Lipinski definition) is 4. The average molecular weight is 342 g/mol. The van der Waals surface area contributed by atoms with Crippen molar-refractivity contribution in [1.29, 1.82) is 0 Å². The van der Waals surface area contributed by atoms with Gasteiger partial charge in [-0.25, -0.2) is 0 Å². The Morgan fingerprint density at radius 2 is 2.04 bits per heavy atom. The summed E-state index contributed by atoms with van der Waals surface area (Å²) in [6.45, 7) is 3.29. The summed E-state index contributed by atoms with van der Waals surface area (Å²) < 4.78 is 5.36. The number of fused-ring (bicyclic) bond motifs is 1. The number of nitrogens with one attached hydrogen (secondary N) is 1. The van der Waals surface area contributed by atoms with E-state index in [0.717, 1.165) is 43.7 Å². The molecule has 1 N–H and O–H groups in total. The van der Waals surface area contributed by atoms with Crippen molar-refractivity contribution < 1.29 is 9.53 Å². The maximum atomic E-state index is 12.6. The highest BCUT2D eigenvalue weighted by molar-refractivity contribution is 7.10. The van der Waals surface area contributed by atoms with Gasteiger partial charge in [-0.1, -0.05) is 12.1 Å². The van der Waals surface area contributed by atoms with Crippen molar-refractivity contribution in [2.45, 2.75) is 25.8 Å². The molecule has 1 aromatic carbocycles. The zero-order valence-electron chi connectivity index (χ0n) is 13.7. The number of nitrogens with zero attached hydrogens (tertiary/aromatic N) is 1. The van der Waals surface area contributed by atoms with Gasteiger partial charge in [0.05, 0.1) is 11.4 Å². The lowest BCUT2D eigenvalue weighted by molar-refractivity contribution is -0.122. The van der Waals surface area contributed by atoms with Crippen LogP contribution in [0.15, 0.2) is 35.7 Å². The highest BCUT2D eigenvalue weighted by Crippen LogP contribution is 2.32. The predicted molar refractivity (Wildman–Crippen MR) is 97.7 cm³/mol. The van der Waals surface area contributed by atoms with Crippen LogP contribution in [0.2, 0.25) is 0 Å². The second kappa shape index (κ2) is 6.95. The van der Waals surface area contributed by atoms with Crippen LogP contribution in [0.4, 0.5) is 11.4 Å². The van der Waals surface area contributed by atoms with E-state index in [-0.39, 0.29) is 11.8 Å². The molecule has 4 rings (SSSR count). The Labute approximate surface area is 146 Å². The molecule has 24 heavy (non-hydrogen) atoms. The first-order valence-electron chi connectivity index (χ1n) is 8.59. The molecule has 2 aliphatic rings. The summed E-state index contributed by atoms with van der Waals surface area (Å²) in [6, 6.07) is 10.4. The van der Waals surface area contributed by atoms with Crippen LogP contribution in [0.25, 0.3) is 0 Å². The summed E-state index contributed by atoms with van der Waals surface area (Å²) >= 11 is 1.85. The number of ether oxygens (including phenoxy) is 1. The molecule has 0 atom stereocenters. The number of hydrogen-bond donors (Lipinski definition) is 1. The van der Waals surface area contributed by atoms with Gasteiger partial charge in [-0.05, 0) is 48.4 Å². The monoisotopic (exact) mass is 342 g/mol. The van der Waals surface area contributed by atoms with Gasteiger partial charge in [-0.2, -0.15) is 0 Å². The van der Waals surface area contributed by atoms with Crippen LogP contribution in [-0.4, -0.2) is 25.7 Å². The Bertz CT molecular complexity index is 722. The van der Waals surface area contributed by atoms with E-state index in [2.05, 4.69) is 27.7 Å². The number of carbonyl (C=O) groups excluding carboxylic acids is 1. The molecule has 0 aliphatic carbocycles. The van der Waals surface area contributed by atoms with Crippen LogP contribution in [0.1, 0.15) is 23.3 Å². The van der Waals surface area contributed by atoms with Crippen LogP contribution in [0.3, 0.4) is 0 Å². The Kier molecular flexibility index (Phi) is 4.54. The molecule has 1 saturated heterocycles.